The first kappa shape index (κ1) is 45.4. The van der Waals surface area contributed by atoms with Crippen molar-refractivity contribution in [2.24, 2.45) is 0 Å². The van der Waals surface area contributed by atoms with Gasteiger partial charge in [0.2, 0.25) is 0 Å². The summed E-state index contributed by atoms with van der Waals surface area (Å²) in [5.74, 6) is 2.59. The van der Waals surface area contributed by atoms with Crippen LogP contribution in [0.4, 0.5) is 0 Å². The molecule has 0 bridgehead atoms. The second-order valence-electron chi connectivity index (χ2n) is 15.8. The number of allylic oxidation sites excluding steroid dienone is 1. The number of benzene rings is 6. The molecular formula is C54H52N2O10. The Morgan fingerprint density at radius 3 is 1.41 bits per heavy atom. The smallest absolute Gasteiger partial charge is 0.273 e. The van der Waals surface area contributed by atoms with Crippen molar-refractivity contribution in [1.29, 1.82) is 0 Å². The maximum atomic E-state index is 12.9. The normalized spacial score (nSPS) is 17.6. The summed E-state index contributed by atoms with van der Waals surface area (Å²) < 4.78 is 45.9. The van der Waals surface area contributed by atoms with Gasteiger partial charge in [-0.2, -0.15) is 4.98 Å². The molecule has 12 nitrogen and oxygen atoms in total. The predicted molar refractivity (Wildman–Crippen MR) is 250 cm³/mol. The number of aromatic nitrogens is 2. The highest BCUT2D eigenvalue weighted by Gasteiger charge is 2.52. The summed E-state index contributed by atoms with van der Waals surface area (Å²) in [6.07, 6.45) is -1.92. The van der Waals surface area contributed by atoms with Gasteiger partial charge in [-0.15, -0.1) is 0 Å². The van der Waals surface area contributed by atoms with Crippen LogP contribution < -0.4 is 24.5 Å². The zero-order valence-electron chi connectivity index (χ0n) is 37.3. The lowest BCUT2D eigenvalue weighted by Gasteiger charge is -2.41. The third-order valence-corrected chi connectivity index (χ3v) is 11.9. The van der Waals surface area contributed by atoms with Crippen molar-refractivity contribution in [1.82, 2.24) is 9.55 Å². The fraction of sp³-hybridized carbons (Fsp3) is 0.222. The Morgan fingerprint density at radius 1 is 0.606 bits per heavy atom. The molecule has 2 N–H and O–H groups in total. The minimum atomic E-state index is -1.42. The largest absolute Gasteiger partial charge is 0.512 e. The Morgan fingerprint density at radius 2 is 1.00 bits per heavy atom. The van der Waals surface area contributed by atoms with Crippen molar-refractivity contribution in [3.63, 3.8) is 0 Å². The van der Waals surface area contributed by atoms with Gasteiger partial charge in [-0.3, -0.25) is 4.79 Å². The minimum absolute atomic E-state index is 0.0709. The first-order valence-corrected chi connectivity index (χ1v) is 21.4. The molecule has 0 radical (unpaired) electrons. The van der Waals surface area contributed by atoms with Gasteiger partial charge in [0.1, 0.15) is 58.3 Å². The average Bonchev–Trinajstić information content (AvgIpc) is 3.67. The first-order valence-electron chi connectivity index (χ1n) is 21.4. The van der Waals surface area contributed by atoms with Crippen molar-refractivity contribution >= 4 is 6.08 Å². The number of aliphatic hydroxyl groups is 2. The van der Waals surface area contributed by atoms with Crippen LogP contribution >= 0.6 is 0 Å². The van der Waals surface area contributed by atoms with Gasteiger partial charge < -0.3 is 47.9 Å². The fourth-order valence-corrected chi connectivity index (χ4v) is 8.68. The van der Waals surface area contributed by atoms with Crippen LogP contribution in [-0.2, 0) is 25.4 Å². The van der Waals surface area contributed by atoms with Crippen LogP contribution in [0, 0.1) is 0 Å². The fourth-order valence-electron chi connectivity index (χ4n) is 8.68. The summed E-state index contributed by atoms with van der Waals surface area (Å²) >= 11 is 0. The third kappa shape index (κ3) is 8.91. The zero-order chi connectivity index (χ0) is 46.3. The maximum absolute atomic E-state index is 12.9. The molecule has 1 aliphatic heterocycles. The number of hydrogen-bond donors (Lipinski definition) is 2. The third-order valence-electron chi connectivity index (χ3n) is 11.9. The predicted octanol–water partition coefficient (Wildman–Crippen LogP) is 8.84. The van der Waals surface area contributed by atoms with Crippen LogP contribution in [0.1, 0.15) is 52.4 Å². The molecule has 7 aromatic rings. The van der Waals surface area contributed by atoms with E-state index in [0.717, 1.165) is 33.4 Å². The van der Waals surface area contributed by atoms with Crippen LogP contribution in [0.2, 0.25) is 0 Å². The summed E-state index contributed by atoms with van der Waals surface area (Å²) in [5.41, 5.74) is 1.43. The van der Waals surface area contributed by atoms with Crippen molar-refractivity contribution in [3.05, 3.63) is 225 Å². The molecule has 4 atom stereocenters. The second-order valence-corrected chi connectivity index (χ2v) is 15.8. The van der Waals surface area contributed by atoms with E-state index in [1.807, 2.05) is 158 Å². The highest BCUT2D eigenvalue weighted by Crippen LogP contribution is 2.48. The molecule has 0 unspecified atom stereocenters. The molecule has 338 valence electrons. The van der Waals surface area contributed by atoms with Gasteiger partial charge in [0.05, 0.1) is 40.8 Å². The Hall–Kier alpha value is -7.22. The maximum Gasteiger partial charge on any atom is 0.273 e. The van der Waals surface area contributed by atoms with Crippen LogP contribution in [0.3, 0.4) is 0 Å². The number of rotatable bonds is 17. The summed E-state index contributed by atoms with van der Waals surface area (Å²) in [4.78, 5) is 16.9. The van der Waals surface area contributed by atoms with Crippen LogP contribution in [0.25, 0.3) is 6.08 Å². The summed E-state index contributed by atoms with van der Waals surface area (Å²) in [7, 11) is 6.45. The minimum Gasteiger partial charge on any atom is -0.512 e. The van der Waals surface area contributed by atoms with Crippen LogP contribution in [-0.4, -0.2) is 73.1 Å². The van der Waals surface area contributed by atoms with Crippen LogP contribution in [0.15, 0.2) is 181 Å². The molecule has 2 heterocycles. The van der Waals surface area contributed by atoms with E-state index in [1.54, 1.807) is 28.4 Å². The van der Waals surface area contributed by atoms with Crippen molar-refractivity contribution in [2.45, 2.75) is 42.7 Å². The second kappa shape index (κ2) is 19.9. The molecule has 1 fully saturated rings. The van der Waals surface area contributed by atoms with Gasteiger partial charge in [-0.25, -0.2) is 0 Å². The van der Waals surface area contributed by atoms with E-state index in [2.05, 4.69) is 4.98 Å². The molecular weight excluding hydrogens is 837 g/mol. The summed E-state index contributed by atoms with van der Waals surface area (Å²) in [6.45, 7) is 1.33. The van der Waals surface area contributed by atoms with E-state index in [1.165, 1.54) is 29.8 Å². The molecule has 0 spiro atoms. The van der Waals surface area contributed by atoms with Crippen molar-refractivity contribution in [3.8, 4) is 23.0 Å². The lowest BCUT2D eigenvalue weighted by molar-refractivity contribution is -0.131. The zero-order valence-corrected chi connectivity index (χ0v) is 37.3. The van der Waals surface area contributed by atoms with E-state index in [0.29, 0.717) is 23.0 Å². The SMILES string of the molecule is COc1ccc(C(OC[C@H]2O[C@@H](n3ccc(=O)nc3/C=C(/C)O)[C@@H](O)[C@@H]2OC(c2ccccc2)(c2ccc(OC)cc2)c2ccc(OC)cc2)(c2ccccc2)c2ccc(OC)cc2)cc1. The standard InChI is InChI=1S/C54H52N2O10/c1-36(57)34-48-55-49(58)32-33-56(48)52-50(59)51(66-54(38-14-10-7-11-15-38,41-20-28-45(62-4)29-21-41)42-22-30-46(63-5)31-23-42)47(65-52)35-64-53(37-12-8-6-9-13-37,39-16-24-43(60-2)25-17-39)40-18-26-44(61-3)27-19-40/h6-34,47,50-52,57,59H,35H2,1-5H3/b36-34-/t47-,50+,51-,52-/m1/s1. The lowest BCUT2D eigenvalue weighted by Crippen LogP contribution is -2.46. The first-order chi connectivity index (χ1) is 32.1. The summed E-state index contributed by atoms with van der Waals surface area (Å²) in [6, 6.07) is 51.5. The Balaban J connectivity index is 1.34. The molecule has 12 heteroatoms. The average molecular weight is 889 g/mol. The number of ether oxygens (including phenoxy) is 7. The van der Waals surface area contributed by atoms with Gasteiger partial charge in [0, 0.05) is 18.3 Å². The quantitative estimate of drug-likeness (QED) is 0.0670. The molecule has 1 saturated heterocycles. The molecule has 0 amide bonds. The Bertz CT molecular complexity index is 2660. The van der Waals surface area contributed by atoms with Gasteiger partial charge >= 0.3 is 0 Å². The van der Waals surface area contributed by atoms with Gasteiger partial charge in [-0.1, -0.05) is 109 Å². The molecule has 8 rings (SSSR count). The van der Waals surface area contributed by atoms with Crippen molar-refractivity contribution in [2.75, 3.05) is 35.0 Å². The molecule has 6 aromatic carbocycles. The van der Waals surface area contributed by atoms with Gasteiger partial charge in [0.25, 0.3) is 5.56 Å². The highest BCUT2D eigenvalue weighted by molar-refractivity contribution is 5.52. The molecule has 0 aliphatic carbocycles. The van der Waals surface area contributed by atoms with E-state index >= 15 is 0 Å². The van der Waals surface area contributed by atoms with E-state index < -0.39 is 41.3 Å². The Labute approximate surface area is 383 Å². The van der Waals surface area contributed by atoms with E-state index in [9.17, 15) is 15.0 Å². The molecule has 66 heavy (non-hydrogen) atoms. The van der Waals surface area contributed by atoms with E-state index in [-0.39, 0.29) is 18.2 Å². The number of nitrogens with zero attached hydrogens (tertiary/aromatic N) is 2. The topological polar surface area (TPSA) is 140 Å². The number of hydrogen-bond acceptors (Lipinski definition) is 11. The van der Waals surface area contributed by atoms with Crippen LogP contribution in [0.5, 0.6) is 23.0 Å². The van der Waals surface area contributed by atoms with Gasteiger partial charge in [-0.05, 0) is 88.8 Å². The lowest BCUT2D eigenvalue weighted by atomic mass is 9.79. The van der Waals surface area contributed by atoms with Gasteiger partial charge in [0.15, 0.2) is 6.23 Å². The monoisotopic (exact) mass is 888 g/mol. The molecule has 1 aliphatic rings. The van der Waals surface area contributed by atoms with Crippen molar-refractivity contribution < 1.29 is 43.4 Å². The Kier molecular flexibility index (Phi) is 13.7. The molecule has 0 saturated carbocycles. The van der Waals surface area contributed by atoms with E-state index in [4.69, 9.17) is 33.2 Å². The molecule has 1 aromatic heterocycles. The highest BCUT2D eigenvalue weighted by atomic mass is 16.6. The number of aliphatic hydroxyl groups excluding tert-OH is 2. The summed E-state index contributed by atoms with van der Waals surface area (Å²) in [5, 5.41) is 23.3. The number of methoxy groups -OCH3 is 4.